The summed E-state index contributed by atoms with van der Waals surface area (Å²) in [6.07, 6.45) is 8.66. The first kappa shape index (κ1) is 20.8. The van der Waals surface area contributed by atoms with E-state index in [1.165, 1.54) is 17.7 Å². The van der Waals surface area contributed by atoms with E-state index < -0.39 is 0 Å². The Bertz CT molecular complexity index is 857. The molecule has 0 saturated carbocycles. The number of anilines is 1. The van der Waals surface area contributed by atoms with E-state index in [9.17, 15) is 4.79 Å². The standard InChI is InChI=1S/C20H28N4O2S2/c1-4-26-19(25)17-15-9-7-5-6-8-10-16(15)28-18(17)22-20(27)21-11-14-12-24(3)23-13(14)2/h12H,4-11H2,1-3H3,(H2,21,22,27). The van der Waals surface area contributed by atoms with Gasteiger partial charge < -0.3 is 15.4 Å². The average molecular weight is 421 g/mol. The van der Waals surface area contributed by atoms with Gasteiger partial charge in [0, 0.05) is 30.2 Å². The van der Waals surface area contributed by atoms with Crippen LogP contribution in [0.4, 0.5) is 5.00 Å². The van der Waals surface area contributed by atoms with E-state index in [0.29, 0.717) is 23.8 Å². The number of nitrogens with one attached hydrogen (secondary N) is 2. The molecule has 0 fully saturated rings. The molecular weight excluding hydrogens is 392 g/mol. The lowest BCUT2D eigenvalue weighted by molar-refractivity contribution is 0.0526. The number of aromatic nitrogens is 2. The van der Waals surface area contributed by atoms with Gasteiger partial charge in [-0.3, -0.25) is 4.68 Å². The Morgan fingerprint density at radius 3 is 2.75 bits per heavy atom. The third-order valence-electron chi connectivity index (χ3n) is 4.93. The summed E-state index contributed by atoms with van der Waals surface area (Å²) in [5.74, 6) is -0.256. The van der Waals surface area contributed by atoms with Gasteiger partial charge in [0.25, 0.3) is 0 Å². The maximum Gasteiger partial charge on any atom is 0.341 e. The van der Waals surface area contributed by atoms with Gasteiger partial charge >= 0.3 is 5.97 Å². The van der Waals surface area contributed by atoms with E-state index >= 15 is 0 Å². The first-order valence-corrected chi connectivity index (χ1v) is 11.1. The Balaban J connectivity index is 1.77. The zero-order chi connectivity index (χ0) is 20.1. The number of carbonyl (C=O) groups excluding carboxylic acids is 1. The molecule has 3 rings (SSSR count). The first-order valence-electron chi connectivity index (χ1n) is 9.85. The summed E-state index contributed by atoms with van der Waals surface area (Å²) in [5, 5.41) is 12.1. The molecule has 0 unspecified atom stereocenters. The predicted octanol–water partition coefficient (Wildman–Crippen LogP) is 4.11. The van der Waals surface area contributed by atoms with Crippen LogP contribution in [0.1, 0.15) is 64.7 Å². The minimum Gasteiger partial charge on any atom is -0.462 e. The number of rotatable bonds is 5. The molecule has 1 aliphatic carbocycles. The van der Waals surface area contributed by atoms with E-state index in [2.05, 4.69) is 15.7 Å². The number of ether oxygens (including phenoxy) is 1. The van der Waals surface area contributed by atoms with Gasteiger partial charge in [0.1, 0.15) is 5.00 Å². The van der Waals surface area contributed by atoms with Crippen molar-refractivity contribution < 1.29 is 9.53 Å². The Kier molecular flexibility index (Phi) is 7.07. The van der Waals surface area contributed by atoms with E-state index in [1.807, 2.05) is 27.1 Å². The maximum atomic E-state index is 12.7. The molecule has 8 heteroatoms. The van der Waals surface area contributed by atoms with Crippen molar-refractivity contribution in [3.05, 3.63) is 33.5 Å². The number of carbonyl (C=O) groups is 1. The largest absolute Gasteiger partial charge is 0.462 e. The lowest BCUT2D eigenvalue weighted by atomic mass is 9.96. The van der Waals surface area contributed by atoms with Gasteiger partial charge in [0.2, 0.25) is 0 Å². The van der Waals surface area contributed by atoms with Crippen LogP contribution in [0.25, 0.3) is 0 Å². The zero-order valence-electron chi connectivity index (χ0n) is 16.8. The average Bonchev–Trinajstić information content (AvgIpc) is 3.12. The highest BCUT2D eigenvalue weighted by atomic mass is 32.1. The predicted molar refractivity (Wildman–Crippen MR) is 117 cm³/mol. The van der Waals surface area contributed by atoms with Crippen LogP contribution < -0.4 is 10.6 Å². The number of fused-ring (bicyclic) bond motifs is 1. The minimum absolute atomic E-state index is 0.256. The number of nitrogens with zero attached hydrogens (tertiary/aromatic N) is 2. The fraction of sp³-hybridized carbons (Fsp3) is 0.550. The third-order valence-corrected chi connectivity index (χ3v) is 6.39. The summed E-state index contributed by atoms with van der Waals surface area (Å²) in [5.41, 5.74) is 3.89. The number of hydrogen-bond acceptors (Lipinski definition) is 5. The molecule has 6 nitrogen and oxygen atoms in total. The molecule has 0 saturated heterocycles. The van der Waals surface area contributed by atoms with Crippen molar-refractivity contribution in [1.82, 2.24) is 15.1 Å². The van der Waals surface area contributed by atoms with Crippen LogP contribution in [-0.2, 0) is 31.2 Å². The molecule has 0 bridgehead atoms. The van der Waals surface area contributed by atoms with Crippen LogP contribution in [0.5, 0.6) is 0 Å². The highest BCUT2D eigenvalue weighted by molar-refractivity contribution is 7.80. The van der Waals surface area contributed by atoms with E-state index in [4.69, 9.17) is 17.0 Å². The van der Waals surface area contributed by atoms with Crippen LogP contribution in [-0.4, -0.2) is 27.5 Å². The number of thiocarbonyl (C=S) groups is 1. The molecule has 0 spiro atoms. The smallest absolute Gasteiger partial charge is 0.341 e. The van der Waals surface area contributed by atoms with E-state index in [1.54, 1.807) is 16.0 Å². The molecule has 2 aromatic rings. The number of aryl methyl sites for hydroxylation is 3. The first-order chi connectivity index (χ1) is 13.5. The minimum atomic E-state index is -0.256. The van der Waals surface area contributed by atoms with Gasteiger partial charge in [-0.2, -0.15) is 5.10 Å². The molecule has 28 heavy (non-hydrogen) atoms. The molecule has 0 aliphatic heterocycles. The van der Waals surface area contributed by atoms with Crippen LogP contribution in [0.2, 0.25) is 0 Å². The van der Waals surface area contributed by atoms with Crippen molar-refractivity contribution >= 4 is 39.6 Å². The zero-order valence-corrected chi connectivity index (χ0v) is 18.4. The number of hydrogen-bond donors (Lipinski definition) is 2. The molecule has 0 radical (unpaired) electrons. The van der Waals surface area contributed by atoms with Crippen molar-refractivity contribution in [3.8, 4) is 0 Å². The highest BCUT2D eigenvalue weighted by Crippen LogP contribution is 2.37. The van der Waals surface area contributed by atoms with Gasteiger partial charge in [-0.15, -0.1) is 11.3 Å². The second-order valence-electron chi connectivity index (χ2n) is 7.06. The summed E-state index contributed by atoms with van der Waals surface area (Å²) < 4.78 is 7.14. The van der Waals surface area contributed by atoms with Crippen molar-refractivity contribution in [2.75, 3.05) is 11.9 Å². The molecule has 0 amide bonds. The highest BCUT2D eigenvalue weighted by Gasteiger charge is 2.25. The lowest BCUT2D eigenvalue weighted by Gasteiger charge is -2.12. The molecule has 2 heterocycles. The second kappa shape index (κ2) is 9.52. The van der Waals surface area contributed by atoms with Gasteiger partial charge in [0.05, 0.1) is 17.9 Å². The summed E-state index contributed by atoms with van der Waals surface area (Å²) in [4.78, 5) is 14.0. The SMILES string of the molecule is CCOC(=O)c1c(NC(=S)NCc2cn(C)nc2C)sc2c1CCCCCC2. The molecular formula is C20H28N4O2S2. The Labute approximate surface area is 175 Å². The molecule has 2 N–H and O–H groups in total. The van der Waals surface area contributed by atoms with Gasteiger partial charge in [-0.1, -0.05) is 12.8 Å². The monoisotopic (exact) mass is 420 g/mol. The van der Waals surface area contributed by atoms with Gasteiger partial charge in [-0.05, 0) is 57.3 Å². The quantitative estimate of drug-likeness (QED) is 0.560. The Hall–Kier alpha value is -1.93. The van der Waals surface area contributed by atoms with Crippen molar-refractivity contribution in [2.45, 2.75) is 58.9 Å². The van der Waals surface area contributed by atoms with Crippen molar-refractivity contribution in [2.24, 2.45) is 7.05 Å². The fourth-order valence-corrected chi connectivity index (χ4v) is 5.09. The Morgan fingerprint density at radius 2 is 2.07 bits per heavy atom. The van der Waals surface area contributed by atoms with Crippen LogP contribution in [0, 0.1) is 6.92 Å². The van der Waals surface area contributed by atoms with Crippen molar-refractivity contribution in [3.63, 3.8) is 0 Å². The van der Waals surface area contributed by atoms with E-state index in [0.717, 1.165) is 47.5 Å². The summed E-state index contributed by atoms with van der Waals surface area (Å²) in [6.45, 7) is 4.77. The third kappa shape index (κ3) is 4.91. The molecule has 0 atom stereocenters. The second-order valence-corrected chi connectivity index (χ2v) is 8.58. The topological polar surface area (TPSA) is 68.2 Å². The van der Waals surface area contributed by atoms with E-state index in [-0.39, 0.29) is 5.97 Å². The lowest BCUT2D eigenvalue weighted by Crippen LogP contribution is -2.28. The summed E-state index contributed by atoms with van der Waals surface area (Å²) in [7, 11) is 1.90. The summed E-state index contributed by atoms with van der Waals surface area (Å²) in [6, 6.07) is 0. The fourth-order valence-electron chi connectivity index (χ4n) is 3.57. The number of thiophene rings is 1. The van der Waals surface area contributed by atoms with Gasteiger partial charge in [0.15, 0.2) is 5.11 Å². The molecule has 0 aromatic carbocycles. The normalized spacial score (nSPS) is 14.0. The van der Waals surface area contributed by atoms with Crippen molar-refractivity contribution in [1.29, 1.82) is 0 Å². The number of esters is 1. The Morgan fingerprint density at radius 1 is 1.32 bits per heavy atom. The van der Waals surface area contributed by atoms with Crippen LogP contribution >= 0.6 is 23.6 Å². The van der Waals surface area contributed by atoms with Crippen LogP contribution in [0.3, 0.4) is 0 Å². The molecule has 1 aliphatic rings. The molecule has 2 aromatic heterocycles. The van der Waals surface area contributed by atoms with Crippen LogP contribution in [0.15, 0.2) is 6.20 Å². The summed E-state index contributed by atoms with van der Waals surface area (Å²) >= 11 is 7.14. The maximum absolute atomic E-state index is 12.7. The molecule has 152 valence electrons. The van der Waals surface area contributed by atoms with Gasteiger partial charge in [-0.25, -0.2) is 4.79 Å².